The fourth-order valence-corrected chi connectivity index (χ4v) is 2.21. The molecule has 0 aliphatic carbocycles. The Kier molecular flexibility index (Phi) is 4.44. The van der Waals surface area contributed by atoms with Crippen LogP contribution >= 0.6 is 11.3 Å². The van der Waals surface area contributed by atoms with Crippen molar-refractivity contribution in [3.05, 3.63) is 16.1 Å². The highest BCUT2D eigenvalue weighted by Crippen LogP contribution is 2.17. The Balaban J connectivity index is 2.76. The first-order valence-corrected chi connectivity index (χ1v) is 6.33. The van der Waals surface area contributed by atoms with Crippen molar-refractivity contribution in [2.45, 2.75) is 39.2 Å². The second-order valence-corrected chi connectivity index (χ2v) is 5.12. The summed E-state index contributed by atoms with van der Waals surface area (Å²) in [6.45, 7) is 6.42. The van der Waals surface area contributed by atoms with Crippen molar-refractivity contribution < 1.29 is 4.79 Å². The maximum absolute atomic E-state index is 12.0. The fraction of sp³-hybridized carbons (Fsp3) is 0.636. The molecule has 1 amide bonds. The highest BCUT2D eigenvalue weighted by atomic mass is 32.1. The third kappa shape index (κ3) is 2.80. The van der Waals surface area contributed by atoms with E-state index in [1.165, 1.54) is 11.3 Å². The number of carbonyl (C=O) groups excluding carboxylic acids is 1. The molecular weight excluding hydrogens is 222 g/mol. The Bertz CT molecular complexity index is 350. The standard InChI is InChI=1S/C11H19N3OS/c1-4-11(5-2,7-12)14-10(15)9-6-13-8(3)16-9/h6H,4-5,7,12H2,1-3H3,(H,14,15). The molecule has 4 nitrogen and oxygen atoms in total. The van der Waals surface area contributed by atoms with Gasteiger partial charge in [0.1, 0.15) is 4.88 Å². The maximum atomic E-state index is 12.0. The number of aromatic nitrogens is 1. The highest BCUT2D eigenvalue weighted by molar-refractivity contribution is 7.13. The molecule has 1 heterocycles. The van der Waals surface area contributed by atoms with Crippen LogP contribution in [0.3, 0.4) is 0 Å². The number of thiazole rings is 1. The third-order valence-electron chi connectivity index (χ3n) is 2.97. The molecule has 0 spiro atoms. The zero-order valence-corrected chi connectivity index (χ0v) is 10.9. The zero-order chi connectivity index (χ0) is 12.2. The molecule has 0 saturated carbocycles. The third-order valence-corrected chi connectivity index (χ3v) is 3.88. The Morgan fingerprint density at radius 3 is 2.56 bits per heavy atom. The first-order valence-electron chi connectivity index (χ1n) is 5.52. The molecule has 0 bridgehead atoms. The molecule has 0 saturated heterocycles. The summed E-state index contributed by atoms with van der Waals surface area (Å²) < 4.78 is 0. The predicted octanol–water partition coefficient (Wildman–Crippen LogP) is 1.70. The van der Waals surface area contributed by atoms with Crippen LogP contribution in [0.4, 0.5) is 0 Å². The molecule has 5 heteroatoms. The van der Waals surface area contributed by atoms with Gasteiger partial charge in [-0.2, -0.15) is 0 Å². The van der Waals surface area contributed by atoms with E-state index in [9.17, 15) is 4.79 Å². The number of amides is 1. The smallest absolute Gasteiger partial charge is 0.263 e. The second-order valence-electron chi connectivity index (χ2n) is 3.89. The van der Waals surface area contributed by atoms with E-state index in [1.54, 1.807) is 6.20 Å². The van der Waals surface area contributed by atoms with Gasteiger partial charge in [-0.15, -0.1) is 11.3 Å². The quantitative estimate of drug-likeness (QED) is 0.824. The lowest BCUT2D eigenvalue weighted by molar-refractivity contribution is 0.0899. The number of hydrogen-bond donors (Lipinski definition) is 2. The lowest BCUT2D eigenvalue weighted by Gasteiger charge is -2.31. The topological polar surface area (TPSA) is 68.0 Å². The molecular formula is C11H19N3OS. The van der Waals surface area contributed by atoms with Gasteiger partial charge in [-0.05, 0) is 19.8 Å². The first-order chi connectivity index (χ1) is 7.56. The maximum Gasteiger partial charge on any atom is 0.263 e. The summed E-state index contributed by atoms with van der Waals surface area (Å²) >= 11 is 1.40. The van der Waals surface area contributed by atoms with Crippen molar-refractivity contribution in [2.75, 3.05) is 6.54 Å². The number of nitrogens with two attached hydrogens (primary N) is 1. The molecule has 0 radical (unpaired) electrons. The van der Waals surface area contributed by atoms with E-state index in [0.717, 1.165) is 17.8 Å². The van der Waals surface area contributed by atoms with Gasteiger partial charge in [-0.25, -0.2) is 4.98 Å². The van der Waals surface area contributed by atoms with Crippen molar-refractivity contribution in [1.82, 2.24) is 10.3 Å². The van der Waals surface area contributed by atoms with Crippen LogP contribution in [0, 0.1) is 6.92 Å². The molecule has 90 valence electrons. The normalized spacial score (nSPS) is 11.5. The molecule has 0 fully saturated rings. The summed E-state index contributed by atoms with van der Waals surface area (Å²) in [4.78, 5) is 16.7. The van der Waals surface area contributed by atoms with E-state index in [1.807, 2.05) is 20.8 Å². The predicted molar refractivity (Wildman–Crippen MR) is 66.7 cm³/mol. The van der Waals surface area contributed by atoms with Gasteiger partial charge in [-0.1, -0.05) is 13.8 Å². The summed E-state index contributed by atoms with van der Waals surface area (Å²) in [5.74, 6) is -0.0697. The summed E-state index contributed by atoms with van der Waals surface area (Å²) in [7, 11) is 0. The van der Waals surface area contributed by atoms with Crippen molar-refractivity contribution in [1.29, 1.82) is 0 Å². The second kappa shape index (κ2) is 5.41. The van der Waals surface area contributed by atoms with E-state index in [-0.39, 0.29) is 11.4 Å². The average molecular weight is 241 g/mol. The van der Waals surface area contributed by atoms with E-state index < -0.39 is 0 Å². The summed E-state index contributed by atoms with van der Waals surface area (Å²) in [6.07, 6.45) is 3.29. The van der Waals surface area contributed by atoms with Gasteiger partial charge >= 0.3 is 0 Å². The summed E-state index contributed by atoms with van der Waals surface area (Å²) in [5.41, 5.74) is 5.45. The zero-order valence-electron chi connectivity index (χ0n) is 10.0. The minimum absolute atomic E-state index is 0.0697. The summed E-state index contributed by atoms with van der Waals surface area (Å²) in [5, 5.41) is 3.92. The molecule has 16 heavy (non-hydrogen) atoms. The molecule has 1 rings (SSSR count). The van der Waals surface area contributed by atoms with Crippen LogP contribution in [0.1, 0.15) is 41.4 Å². The van der Waals surface area contributed by atoms with Crippen LogP contribution in [0.2, 0.25) is 0 Å². The minimum atomic E-state index is -0.283. The Morgan fingerprint density at radius 1 is 1.56 bits per heavy atom. The Labute approximate surface area is 100 Å². The molecule has 1 aromatic heterocycles. The van der Waals surface area contributed by atoms with Crippen LogP contribution in [-0.4, -0.2) is 23.0 Å². The molecule has 0 atom stereocenters. The largest absolute Gasteiger partial charge is 0.345 e. The number of nitrogens with one attached hydrogen (secondary N) is 1. The van der Waals surface area contributed by atoms with E-state index >= 15 is 0 Å². The Hall–Kier alpha value is -0.940. The highest BCUT2D eigenvalue weighted by Gasteiger charge is 2.27. The average Bonchev–Trinajstić information content (AvgIpc) is 2.73. The monoisotopic (exact) mass is 241 g/mol. The van der Waals surface area contributed by atoms with Crippen LogP contribution in [0.5, 0.6) is 0 Å². The van der Waals surface area contributed by atoms with Gasteiger partial charge in [0.15, 0.2) is 0 Å². The van der Waals surface area contributed by atoms with Gasteiger partial charge in [-0.3, -0.25) is 4.79 Å². The van der Waals surface area contributed by atoms with Crippen LogP contribution in [0.25, 0.3) is 0 Å². The Morgan fingerprint density at radius 2 is 2.19 bits per heavy atom. The number of aryl methyl sites for hydroxylation is 1. The SMILES string of the molecule is CCC(CC)(CN)NC(=O)c1cnc(C)s1. The van der Waals surface area contributed by atoms with E-state index in [4.69, 9.17) is 5.73 Å². The van der Waals surface area contributed by atoms with Gasteiger partial charge in [0, 0.05) is 6.54 Å². The van der Waals surface area contributed by atoms with Gasteiger partial charge < -0.3 is 11.1 Å². The number of rotatable bonds is 5. The minimum Gasteiger partial charge on any atom is -0.345 e. The van der Waals surface area contributed by atoms with E-state index in [0.29, 0.717) is 11.4 Å². The van der Waals surface area contributed by atoms with E-state index in [2.05, 4.69) is 10.3 Å². The van der Waals surface area contributed by atoms with Crippen molar-refractivity contribution in [3.8, 4) is 0 Å². The molecule has 1 aromatic rings. The molecule has 0 unspecified atom stereocenters. The van der Waals surface area contributed by atoms with Crippen molar-refractivity contribution in [3.63, 3.8) is 0 Å². The molecule has 0 aliphatic heterocycles. The van der Waals surface area contributed by atoms with Crippen LogP contribution in [0.15, 0.2) is 6.20 Å². The lowest BCUT2D eigenvalue weighted by Crippen LogP contribution is -2.52. The molecule has 0 aromatic carbocycles. The summed E-state index contributed by atoms with van der Waals surface area (Å²) in [6, 6.07) is 0. The lowest BCUT2D eigenvalue weighted by atomic mass is 9.93. The van der Waals surface area contributed by atoms with Gasteiger partial charge in [0.2, 0.25) is 0 Å². The number of carbonyl (C=O) groups is 1. The van der Waals surface area contributed by atoms with Crippen molar-refractivity contribution >= 4 is 17.2 Å². The number of hydrogen-bond acceptors (Lipinski definition) is 4. The molecule has 3 N–H and O–H groups in total. The van der Waals surface area contributed by atoms with Crippen LogP contribution in [-0.2, 0) is 0 Å². The number of nitrogens with zero attached hydrogens (tertiary/aromatic N) is 1. The van der Waals surface area contributed by atoms with Crippen LogP contribution < -0.4 is 11.1 Å². The van der Waals surface area contributed by atoms with Gasteiger partial charge in [0.25, 0.3) is 5.91 Å². The van der Waals surface area contributed by atoms with Gasteiger partial charge in [0.05, 0.1) is 16.7 Å². The fourth-order valence-electron chi connectivity index (χ4n) is 1.54. The van der Waals surface area contributed by atoms with Crippen molar-refractivity contribution in [2.24, 2.45) is 5.73 Å². The first kappa shape index (κ1) is 13.1. The molecule has 0 aliphatic rings.